The molecule has 114 valence electrons. The van der Waals surface area contributed by atoms with Gasteiger partial charge in [-0.05, 0) is 25.7 Å². The molecule has 0 aromatic heterocycles. The highest BCUT2D eigenvalue weighted by atomic mass is 16.3. The fourth-order valence-corrected chi connectivity index (χ4v) is 2.71. The smallest absolute Gasteiger partial charge is 0.225 e. The molecule has 5 nitrogen and oxygen atoms in total. The molecule has 5 heteroatoms. The van der Waals surface area contributed by atoms with Crippen LogP contribution in [0.25, 0.3) is 0 Å². The number of aliphatic hydroxyl groups is 1. The van der Waals surface area contributed by atoms with Gasteiger partial charge in [-0.1, -0.05) is 13.8 Å². The lowest BCUT2D eigenvalue weighted by atomic mass is 9.94. The van der Waals surface area contributed by atoms with Crippen molar-refractivity contribution in [3.05, 3.63) is 0 Å². The number of carbonyl (C=O) groups is 2. The van der Waals surface area contributed by atoms with E-state index in [1.807, 2.05) is 18.7 Å². The average molecular weight is 282 g/mol. The Morgan fingerprint density at radius 2 is 1.90 bits per heavy atom. The Morgan fingerprint density at radius 3 is 2.35 bits per heavy atom. The Kier molecular flexibility index (Phi) is 4.68. The third-order valence-electron chi connectivity index (χ3n) is 4.60. The minimum Gasteiger partial charge on any atom is -0.396 e. The topological polar surface area (TPSA) is 69.6 Å². The predicted molar refractivity (Wildman–Crippen MR) is 75.9 cm³/mol. The molecule has 1 aliphatic carbocycles. The van der Waals surface area contributed by atoms with Gasteiger partial charge in [-0.15, -0.1) is 0 Å². The Labute approximate surface area is 120 Å². The Hall–Kier alpha value is -1.10. The summed E-state index contributed by atoms with van der Waals surface area (Å²) in [7, 11) is 0. The number of nitrogens with one attached hydrogen (secondary N) is 1. The zero-order valence-electron chi connectivity index (χ0n) is 12.5. The van der Waals surface area contributed by atoms with E-state index in [0.717, 1.165) is 25.7 Å². The first-order chi connectivity index (χ1) is 9.47. The maximum atomic E-state index is 12.1. The molecule has 20 heavy (non-hydrogen) atoms. The molecule has 2 aliphatic rings. The quantitative estimate of drug-likeness (QED) is 0.782. The highest BCUT2D eigenvalue weighted by Crippen LogP contribution is 2.44. The zero-order chi connectivity index (χ0) is 14.8. The molecule has 1 aliphatic heterocycles. The molecule has 2 rings (SSSR count). The molecular weight excluding hydrogens is 256 g/mol. The van der Waals surface area contributed by atoms with Crippen LogP contribution >= 0.6 is 0 Å². The molecule has 0 aromatic carbocycles. The van der Waals surface area contributed by atoms with Crippen LogP contribution in [-0.2, 0) is 9.59 Å². The first-order valence-electron chi connectivity index (χ1n) is 7.65. The molecule has 0 spiro atoms. The van der Waals surface area contributed by atoms with Gasteiger partial charge in [0.25, 0.3) is 0 Å². The van der Waals surface area contributed by atoms with Gasteiger partial charge >= 0.3 is 0 Å². The van der Waals surface area contributed by atoms with Crippen molar-refractivity contribution in [1.29, 1.82) is 0 Å². The van der Waals surface area contributed by atoms with Gasteiger partial charge in [0.05, 0.1) is 6.61 Å². The second-order valence-electron chi connectivity index (χ2n) is 6.63. The Bertz CT molecular complexity index is 369. The van der Waals surface area contributed by atoms with Crippen LogP contribution in [-0.4, -0.2) is 48.1 Å². The number of carbonyl (C=O) groups excluding carboxylic acids is 2. The number of aliphatic hydroxyl groups excluding tert-OH is 1. The van der Waals surface area contributed by atoms with E-state index in [1.165, 1.54) is 0 Å². The third kappa shape index (κ3) is 3.51. The Morgan fingerprint density at radius 1 is 1.30 bits per heavy atom. The minimum absolute atomic E-state index is 0.0145. The minimum atomic E-state index is -0.0377. The highest BCUT2D eigenvalue weighted by Gasteiger charge is 2.42. The van der Waals surface area contributed by atoms with Crippen LogP contribution in [0.4, 0.5) is 0 Å². The maximum Gasteiger partial charge on any atom is 0.225 e. The van der Waals surface area contributed by atoms with Gasteiger partial charge in [0.1, 0.15) is 0 Å². The lowest BCUT2D eigenvalue weighted by molar-refractivity contribution is -0.138. The SMILES string of the molecule is CC(C)C(=O)N1CCC(C(=O)NCC2(CO)CC2)CC1. The molecule has 1 heterocycles. The van der Waals surface area contributed by atoms with Crippen molar-refractivity contribution in [1.82, 2.24) is 10.2 Å². The molecule has 0 atom stereocenters. The number of rotatable bonds is 5. The van der Waals surface area contributed by atoms with Crippen LogP contribution in [0.1, 0.15) is 39.5 Å². The van der Waals surface area contributed by atoms with Crippen LogP contribution in [0.3, 0.4) is 0 Å². The van der Waals surface area contributed by atoms with Crippen molar-refractivity contribution in [2.24, 2.45) is 17.3 Å². The van der Waals surface area contributed by atoms with Crippen LogP contribution in [0, 0.1) is 17.3 Å². The molecule has 0 radical (unpaired) electrons. The monoisotopic (exact) mass is 282 g/mol. The summed E-state index contributed by atoms with van der Waals surface area (Å²) in [4.78, 5) is 25.8. The summed E-state index contributed by atoms with van der Waals surface area (Å²) in [5.74, 6) is 0.308. The summed E-state index contributed by atoms with van der Waals surface area (Å²) >= 11 is 0. The van der Waals surface area contributed by atoms with Crippen LogP contribution in [0.5, 0.6) is 0 Å². The zero-order valence-corrected chi connectivity index (χ0v) is 12.5. The molecule has 2 fully saturated rings. The second kappa shape index (κ2) is 6.12. The molecule has 1 saturated carbocycles. The summed E-state index contributed by atoms with van der Waals surface area (Å²) in [6.45, 7) is 5.93. The van der Waals surface area contributed by atoms with E-state index < -0.39 is 0 Å². The van der Waals surface area contributed by atoms with Gasteiger partial charge in [-0.3, -0.25) is 9.59 Å². The van der Waals surface area contributed by atoms with Crippen LogP contribution in [0.2, 0.25) is 0 Å². The van der Waals surface area contributed by atoms with Gasteiger partial charge in [0.15, 0.2) is 0 Å². The molecule has 2 N–H and O–H groups in total. The molecule has 2 amide bonds. The van der Waals surface area contributed by atoms with E-state index in [4.69, 9.17) is 0 Å². The van der Waals surface area contributed by atoms with E-state index in [1.54, 1.807) is 0 Å². The van der Waals surface area contributed by atoms with Crippen LogP contribution in [0.15, 0.2) is 0 Å². The first kappa shape index (κ1) is 15.3. The summed E-state index contributed by atoms with van der Waals surface area (Å²) in [5, 5.41) is 12.2. The standard InChI is InChI=1S/C15H26N2O3/c1-11(2)14(20)17-7-3-12(4-8-17)13(19)16-9-15(10-18)5-6-15/h11-12,18H,3-10H2,1-2H3,(H,16,19). The van der Waals surface area contributed by atoms with E-state index in [0.29, 0.717) is 19.6 Å². The largest absolute Gasteiger partial charge is 0.396 e. The van der Waals surface area contributed by atoms with Crippen molar-refractivity contribution in [3.8, 4) is 0 Å². The summed E-state index contributed by atoms with van der Waals surface area (Å²) in [6, 6.07) is 0. The van der Waals surface area contributed by atoms with Gasteiger partial charge in [0, 0.05) is 36.9 Å². The van der Waals surface area contributed by atoms with Gasteiger partial charge in [0.2, 0.25) is 11.8 Å². The molecule has 0 bridgehead atoms. The number of nitrogens with zero attached hydrogens (tertiary/aromatic N) is 1. The van der Waals surface area contributed by atoms with Crippen molar-refractivity contribution in [2.75, 3.05) is 26.2 Å². The second-order valence-corrected chi connectivity index (χ2v) is 6.63. The summed E-state index contributed by atoms with van der Waals surface area (Å²) < 4.78 is 0. The molecule has 0 aromatic rings. The highest BCUT2D eigenvalue weighted by molar-refractivity contribution is 5.80. The molecule has 1 saturated heterocycles. The molecule has 0 unspecified atom stereocenters. The lowest BCUT2D eigenvalue weighted by Gasteiger charge is -2.32. The molecular formula is C15H26N2O3. The van der Waals surface area contributed by atoms with E-state index in [9.17, 15) is 14.7 Å². The van der Waals surface area contributed by atoms with Crippen LogP contribution < -0.4 is 5.32 Å². The fourth-order valence-electron chi connectivity index (χ4n) is 2.71. The van der Waals surface area contributed by atoms with E-state index in [2.05, 4.69) is 5.32 Å². The maximum absolute atomic E-state index is 12.1. The van der Waals surface area contributed by atoms with E-state index >= 15 is 0 Å². The van der Waals surface area contributed by atoms with Crippen molar-refractivity contribution in [2.45, 2.75) is 39.5 Å². The first-order valence-corrected chi connectivity index (χ1v) is 7.65. The van der Waals surface area contributed by atoms with Crippen molar-refractivity contribution in [3.63, 3.8) is 0 Å². The number of likely N-dealkylation sites (tertiary alicyclic amines) is 1. The van der Waals surface area contributed by atoms with E-state index in [-0.39, 0.29) is 35.7 Å². The third-order valence-corrected chi connectivity index (χ3v) is 4.60. The lowest BCUT2D eigenvalue weighted by Crippen LogP contribution is -2.45. The van der Waals surface area contributed by atoms with Gasteiger partial charge < -0.3 is 15.3 Å². The predicted octanol–water partition coefficient (Wildman–Crippen LogP) is 0.770. The average Bonchev–Trinajstić information content (AvgIpc) is 3.24. The summed E-state index contributed by atoms with van der Waals surface area (Å²) in [5.41, 5.74) is -0.0377. The van der Waals surface area contributed by atoms with Crippen molar-refractivity contribution < 1.29 is 14.7 Å². The number of amides is 2. The summed E-state index contributed by atoms with van der Waals surface area (Å²) in [6.07, 6.45) is 3.50. The normalized spacial score (nSPS) is 21.9. The van der Waals surface area contributed by atoms with Gasteiger partial charge in [-0.2, -0.15) is 0 Å². The number of hydrogen-bond acceptors (Lipinski definition) is 3. The fraction of sp³-hybridized carbons (Fsp3) is 0.867. The Balaban J connectivity index is 1.73. The van der Waals surface area contributed by atoms with Crippen molar-refractivity contribution >= 4 is 11.8 Å². The number of hydrogen-bond donors (Lipinski definition) is 2. The number of piperidine rings is 1. The van der Waals surface area contributed by atoms with Gasteiger partial charge in [-0.25, -0.2) is 0 Å².